The molecule has 0 atom stereocenters. The van der Waals surface area contributed by atoms with Gasteiger partial charge in [0.15, 0.2) is 11.7 Å². The van der Waals surface area contributed by atoms with Crippen LogP contribution in [0.2, 0.25) is 0 Å². The van der Waals surface area contributed by atoms with Gasteiger partial charge in [0.2, 0.25) is 5.91 Å². The highest BCUT2D eigenvalue weighted by Crippen LogP contribution is 2.31. The number of hydrogen-bond donors (Lipinski definition) is 1. The molecule has 1 saturated heterocycles. The van der Waals surface area contributed by atoms with E-state index in [1.54, 1.807) is 25.5 Å². The summed E-state index contributed by atoms with van der Waals surface area (Å²) in [6, 6.07) is 3.78. The normalized spacial score (nSPS) is 22.4. The molecule has 0 radical (unpaired) electrons. The van der Waals surface area contributed by atoms with E-state index in [1.807, 2.05) is 12.1 Å². The van der Waals surface area contributed by atoms with Crippen molar-refractivity contribution in [2.45, 2.75) is 38.8 Å². The van der Waals surface area contributed by atoms with Gasteiger partial charge in [-0.05, 0) is 49.1 Å². The summed E-state index contributed by atoms with van der Waals surface area (Å²) >= 11 is 0. The number of nitrogens with zero attached hydrogens (tertiary/aromatic N) is 4. The van der Waals surface area contributed by atoms with Gasteiger partial charge in [-0.1, -0.05) is 0 Å². The summed E-state index contributed by atoms with van der Waals surface area (Å²) in [6.45, 7) is 3.89. The highest BCUT2D eigenvalue weighted by atomic mass is 19.1. The third-order valence-corrected chi connectivity index (χ3v) is 6.37. The molecule has 31 heavy (non-hydrogen) atoms. The summed E-state index contributed by atoms with van der Waals surface area (Å²) in [4.78, 5) is 27.9. The van der Waals surface area contributed by atoms with E-state index >= 15 is 0 Å². The standard InChI is InChI=1S/C23H26FN5O2/c1-14-25-10-21(31-14)20-6-17-7-22(27-9-18(17)8-26-20)28-23(30)16-4-2-15(3-5-16)11-29-12-19(24)13-29/h6-10,15-16,19H,2-5,11-13H2,1H3,(H,27,28,30). The van der Waals surface area contributed by atoms with E-state index < -0.39 is 6.17 Å². The number of nitrogens with one attached hydrogen (secondary N) is 1. The molecular weight excluding hydrogens is 397 g/mol. The second kappa shape index (κ2) is 8.34. The van der Waals surface area contributed by atoms with Crippen LogP contribution in [-0.4, -0.2) is 51.6 Å². The Kier molecular flexibility index (Phi) is 5.40. The lowest BCUT2D eigenvalue weighted by atomic mass is 9.81. The molecule has 3 aromatic rings. The number of amides is 1. The molecule has 4 heterocycles. The van der Waals surface area contributed by atoms with Crippen molar-refractivity contribution >= 4 is 22.5 Å². The Labute approximate surface area is 180 Å². The van der Waals surface area contributed by atoms with Gasteiger partial charge in [-0.3, -0.25) is 14.7 Å². The van der Waals surface area contributed by atoms with Gasteiger partial charge in [0.1, 0.15) is 17.7 Å². The van der Waals surface area contributed by atoms with E-state index in [9.17, 15) is 9.18 Å². The first-order chi connectivity index (χ1) is 15.0. The molecule has 1 aliphatic carbocycles. The number of carbonyl (C=O) groups is 1. The molecule has 2 aliphatic rings. The van der Waals surface area contributed by atoms with E-state index in [0.29, 0.717) is 42.2 Å². The smallest absolute Gasteiger partial charge is 0.228 e. The Morgan fingerprint density at radius 2 is 1.87 bits per heavy atom. The minimum atomic E-state index is -0.650. The first kappa shape index (κ1) is 20.1. The van der Waals surface area contributed by atoms with E-state index in [-0.39, 0.29) is 11.8 Å². The van der Waals surface area contributed by atoms with E-state index in [2.05, 4.69) is 25.2 Å². The van der Waals surface area contributed by atoms with Crippen molar-refractivity contribution in [1.29, 1.82) is 0 Å². The van der Waals surface area contributed by atoms with Crippen LogP contribution in [0.3, 0.4) is 0 Å². The van der Waals surface area contributed by atoms with Crippen LogP contribution in [0.1, 0.15) is 31.6 Å². The number of carbonyl (C=O) groups excluding carboxylic acids is 1. The molecular formula is C23H26FN5O2. The lowest BCUT2D eigenvalue weighted by molar-refractivity contribution is -0.121. The lowest BCUT2D eigenvalue weighted by Crippen LogP contribution is -2.50. The van der Waals surface area contributed by atoms with E-state index in [4.69, 9.17) is 4.42 Å². The van der Waals surface area contributed by atoms with Crippen LogP contribution in [0.15, 0.2) is 35.1 Å². The fourth-order valence-corrected chi connectivity index (χ4v) is 4.58. The largest absolute Gasteiger partial charge is 0.439 e. The summed E-state index contributed by atoms with van der Waals surface area (Å²) in [5.41, 5.74) is 0.691. The SMILES string of the molecule is Cc1ncc(-c2cc3cc(NC(=O)C4CCC(CN5CC(F)C5)CC4)ncc3cn2)o1. The average molecular weight is 423 g/mol. The van der Waals surface area contributed by atoms with Crippen molar-refractivity contribution in [1.82, 2.24) is 19.9 Å². The third-order valence-electron chi connectivity index (χ3n) is 6.37. The van der Waals surface area contributed by atoms with Gasteiger partial charge in [-0.15, -0.1) is 0 Å². The molecule has 0 unspecified atom stereocenters. The highest BCUT2D eigenvalue weighted by Gasteiger charge is 2.31. The second-order valence-corrected chi connectivity index (χ2v) is 8.75. The van der Waals surface area contributed by atoms with Gasteiger partial charge >= 0.3 is 0 Å². The topological polar surface area (TPSA) is 84.2 Å². The van der Waals surface area contributed by atoms with Crippen LogP contribution in [0.25, 0.3) is 22.2 Å². The number of alkyl halides is 1. The number of hydrogen-bond acceptors (Lipinski definition) is 6. The summed E-state index contributed by atoms with van der Waals surface area (Å²) < 4.78 is 18.6. The number of anilines is 1. The van der Waals surface area contributed by atoms with Crippen LogP contribution < -0.4 is 5.32 Å². The number of rotatable bonds is 5. The molecule has 1 saturated carbocycles. The van der Waals surface area contributed by atoms with Crippen LogP contribution in [-0.2, 0) is 4.79 Å². The molecule has 162 valence electrons. The zero-order valence-corrected chi connectivity index (χ0v) is 17.6. The van der Waals surface area contributed by atoms with Crippen molar-refractivity contribution in [3.63, 3.8) is 0 Å². The fraction of sp³-hybridized carbons (Fsp3) is 0.478. The highest BCUT2D eigenvalue weighted by molar-refractivity contribution is 5.94. The Balaban J connectivity index is 1.21. The Morgan fingerprint density at radius 3 is 2.58 bits per heavy atom. The number of pyridine rings is 2. The Bertz CT molecular complexity index is 1090. The number of aryl methyl sites for hydroxylation is 1. The molecule has 5 rings (SSSR count). The zero-order valence-electron chi connectivity index (χ0n) is 17.6. The van der Waals surface area contributed by atoms with Crippen LogP contribution in [0.4, 0.5) is 10.2 Å². The van der Waals surface area contributed by atoms with E-state index in [0.717, 1.165) is 43.0 Å². The average Bonchev–Trinajstić information content (AvgIpc) is 3.19. The van der Waals surface area contributed by atoms with E-state index in [1.165, 1.54) is 0 Å². The molecule has 8 heteroatoms. The minimum absolute atomic E-state index is 0.00392. The van der Waals surface area contributed by atoms with Crippen LogP contribution in [0.5, 0.6) is 0 Å². The number of halogens is 1. The maximum absolute atomic E-state index is 13.0. The van der Waals surface area contributed by atoms with Gasteiger partial charge in [0.05, 0.1) is 6.20 Å². The maximum Gasteiger partial charge on any atom is 0.228 e. The van der Waals surface area contributed by atoms with Crippen molar-refractivity contribution in [2.75, 3.05) is 25.0 Å². The maximum atomic E-state index is 13.0. The van der Waals surface area contributed by atoms with Crippen molar-refractivity contribution < 1.29 is 13.6 Å². The first-order valence-corrected chi connectivity index (χ1v) is 10.9. The summed E-state index contributed by atoms with van der Waals surface area (Å²) in [6.07, 6.45) is 8.24. The summed E-state index contributed by atoms with van der Waals surface area (Å²) in [7, 11) is 0. The van der Waals surface area contributed by atoms with Crippen LogP contribution >= 0.6 is 0 Å². The quantitative estimate of drug-likeness (QED) is 0.668. The zero-order chi connectivity index (χ0) is 21.4. The Morgan fingerprint density at radius 1 is 1.10 bits per heavy atom. The fourth-order valence-electron chi connectivity index (χ4n) is 4.58. The molecule has 7 nitrogen and oxygen atoms in total. The van der Waals surface area contributed by atoms with Gasteiger partial charge in [0.25, 0.3) is 0 Å². The number of likely N-dealkylation sites (tertiary alicyclic amines) is 1. The monoisotopic (exact) mass is 423 g/mol. The number of oxazole rings is 1. The molecule has 3 aromatic heterocycles. The second-order valence-electron chi connectivity index (χ2n) is 8.75. The number of aromatic nitrogens is 3. The van der Waals surface area contributed by atoms with Gasteiger partial charge in [-0.25, -0.2) is 14.4 Å². The predicted molar refractivity (Wildman–Crippen MR) is 115 cm³/mol. The molecule has 1 amide bonds. The molecule has 0 spiro atoms. The van der Waals surface area contributed by atoms with Crippen molar-refractivity contribution in [3.8, 4) is 11.5 Å². The molecule has 2 fully saturated rings. The number of fused-ring (bicyclic) bond motifs is 1. The Hall–Kier alpha value is -2.87. The molecule has 0 bridgehead atoms. The predicted octanol–water partition coefficient (Wildman–Crippen LogP) is 3.99. The first-order valence-electron chi connectivity index (χ1n) is 10.9. The lowest BCUT2D eigenvalue weighted by Gasteiger charge is -2.38. The molecule has 1 N–H and O–H groups in total. The molecule has 0 aromatic carbocycles. The van der Waals surface area contributed by atoms with Gasteiger partial charge < -0.3 is 9.73 Å². The van der Waals surface area contributed by atoms with Gasteiger partial charge in [-0.2, -0.15) is 0 Å². The minimum Gasteiger partial charge on any atom is -0.439 e. The van der Waals surface area contributed by atoms with Crippen LogP contribution in [0, 0.1) is 18.8 Å². The van der Waals surface area contributed by atoms with Crippen molar-refractivity contribution in [2.24, 2.45) is 11.8 Å². The van der Waals surface area contributed by atoms with Crippen molar-refractivity contribution in [3.05, 3.63) is 36.6 Å². The van der Waals surface area contributed by atoms with Gasteiger partial charge in [0, 0.05) is 50.3 Å². The summed E-state index contributed by atoms with van der Waals surface area (Å²) in [5.74, 6) is 2.34. The summed E-state index contributed by atoms with van der Waals surface area (Å²) in [5, 5.41) is 4.80. The third kappa shape index (κ3) is 4.44. The molecule has 1 aliphatic heterocycles.